The van der Waals surface area contributed by atoms with Crippen LogP contribution >= 0.6 is 0 Å². The predicted octanol–water partition coefficient (Wildman–Crippen LogP) is 21.4. The number of nitrogens with zero attached hydrogens (tertiary/aromatic N) is 2. The van der Waals surface area contributed by atoms with Crippen LogP contribution in [0.5, 0.6) is 0 Å². The van der Waals surface area contributed by atoms with Gasteiger partial charge in [-0.2, -0.15) is 0 Å². The SMILES string of the molecule is c1ccc(N(c2ccccc2)c2ccc3c(c2)C2(c4ccccc4-c4ccccc42)c2cc4c5cccc6c7c(cc(c8cccc(c2-3)c84)c65)C2(c3ccccc3-c3ccccc32)c2cc(N(c3ccccc3)c3ccccc3)ccc2-7)cc1. The molecule has 0 N–H and O–H groups in total. The molecule has 15 aromatic rings. The van der Waals surface area contributed by atoms with E-state index in [0.717, 1.165) is 34.1 Å². The van der Waals surface area contributed by atoms with E-state index in [4.69, 9.17) is 0 Å². The number of benzene rings is 15. The Bertz CT molecular complexity index is 4760. The maximum Gasteiger partial charge on any atom is 0.0726 e. The minimum atomic E-state index is -0.598. The fourth-order valence-electron chi connectivity index (χ4n) is 16.5. The zero-order valence-corrected chi connectivity index (χ0v) is 45.8. The smallest absolute Gasteiger partial charge is 0.0726 e. The van der Waals surface area contributed by atoms with Gasteiger partial charge in [-0.25, -0.2) is 0 Å². The van der Waals surface area contributed by atoms with Gasteiger partial charge in [0.2, 0.25) is 0 Å². The van der Waals surface area contributed by atoms with E-state index >= 15 is 0 Å². The number of fused-ring (bicyclic) bond motifs is 24. The van der Waals surface area contributed by atoms with Gasteiger partial charge in [0.15, 0.2) is 0 Å². The van der Waals surface area contributed by atoms with Gasteiger partial charge in [0.05, 0.1) is 10.8 Å². The zero-order valence-electron chi connectivity index (χ0n) is 45.8. The Kier molecular flexibility index (Phi) is 9.23. The lowest BCUT2D eigenvalue weighted by atomic mass is 9.69. The van der Waals surface area contributed by atoms with Gasteiger partial charge in [-0.3, -0.25) is 0 Å². The summed E-state index contributed by atoms with van der Waals surface area (Å²) in [5, 5.41) is 10.4. The normalized spacial score (nSPS) is 13.9. The molecular formula is C82H50N2. The van der Waals surface area contributed by atoms with E-state index < -0.39 is 10.8 Å². The van der Waals surface area contributed by atoms with Crippen LogP contribution in [0.25, 0.3) is 87.6 Å². The highest BCUT2D eigenvalue weighted by Gasteiger charge is 2.54. The van der Waals surface area contributed by atoms with Crippen LogP contribution in [0.3, 0.4) is 0 Å². The Morgan fingerprint density at radius 2 is 0.476 bits per heavy atom. The zero-order chi connectivity index (χ0) is 54.8. The minimum absolute atomic E-state index is 0.598. The van der Waals surface area contributed by atoms with Crippen LogP contribution in [-0.4, -0.2) is 0 Å². The first-order valence-corrected chi connectivity index (χ1v) is 29.4. The van der Waals surface area contributed by atoms with Gasteiger partial charge >= 0.3 is 0 Å². The van der Waals surface area contributed by atoms with Crippen LogP contribution in [0.4, 0.5) is 34.1 Å². The van der Waals surface area contributed by atoms with E-state index in [0.29, 0.717) is 0 Å². The molecule has 388 valence electrons. The molecule has 2 heteroatoms. The predicted molar refractivity (Wildman–Crippen MR) is 350 cm³/mol. The molecule has 0 saturated carbocycles. The van der Waals surface area contributed by atoms with E-state index in [1.54, 1.807) is 0 Å². The lowest BCUT2D eigenvalue weighted by Crippen LogP contribution is -2.26. The molecule has 84 heavy (non-hydrogen) atoms. The van der Waals surface area contributed by atoms with Gasteiger partial charge in [0.1, 0.15) is 0 Å². The molecular weight excluding hydrogens is 1010 g/mol. The van der Waals surface area contributed by atoms with Gasteiger partial charge in [-0.1, -0.05) is 218 Å². The number of hydrogen-bond donors (Lipinski definition) is 0. The molecule has 15 aromatic carbocycles. The van der Waals surface area contributed by atoms with Crippen molar-refractivity contribution in [2.45, 2.75) is 10.8 Å². The van der Waals surface area contributed by atoms with Crippen molar-refractivity contribution in [1.29, 1.82) is 0 Å². The average molecular weight is 1060 g/mol. The molecule has 0 heterocycles. The second-order valence-corrected chi connectivity index (χ2v) is 23.3. The molecule has 0 unspecified atom stereocenters. The molecule has 0 amide bonds. The Hall–Kier alpha value is -10.8. The second kappa shape index (κ2) is 16.9. The van der Waals surface area contributed by atoms with Crippen LogP contribution in [-0.2, 0) is 10.8 Å². The third-order valence-corrected chi connectivity index (χ3v) is 19.5. The molecule has 0 radical (unpaired) electrons. The van der Waals surface area contributed by atoms with Crippen LogP contribution < -0.4 is 9.80 Å². The van der Waals surface area contributed by atoms with Gasteiger partial charge < -0.3 is 9.80 Å². The highest BCUT2D eigenvalue weighted by atomic mass is 15.1. The molecule has 0 atom stereocenters. The topological polar surface area (TPSA) is 6.48 Å². The van der Waals surface area contributed by atoms with E-state index in [2.05, 4.69) is 313 Å². The molecule has 4 aliphatic carbocycles. The summed E-state index contributed by atoms with van der Waals surface area (Å²) in [5.41, 5.74) is 26.6. The molecule has 0 bridgehead atoms. The van der Waals surface area contributed by atoms with Crippen molar-refractivity contribution in [3.63, 3.8) is 0 Å². The van der Waals surface area contributed by atoms with E-state index in [1.165, 1.54) is 132 Å². The fourth-order valence-corrected chi connectivity index (χ4v) is 16.5. The highest BCUT2D eigenvalue weighted by molar-refractivity contribution is 6.36. The van der Waals surface area contributed by atoms with E-state index in [9.17, 15) is 0 Å². The summed E-state index contributed by atoms with van der Waals surface area (Å²) in [6, 6.07) is 115. The molecule has 19 rings (SSSR count). The molecule has 4 aliphatic rings. The van der Waals surface area contributed by atoms with Crippen LogP contribution in [0, 0.1) is 0 Å². The second-order valence-electron chi connectivity index (χ2n) is 23.3. The van der Waals surface area contributed by atoms with Crippen molar-refractivity contribution in [3.05, 3.63) is 348 Å². The third kappa shape index (κ3) is 5.74. The Morgan fingerprint density at radius 3 is 0.810 bits per heavy atom. The summed E-state index contributed by atoms with van der Waals surface area (Å²) < 4.78 is 0. The number of para-hydroxylation sites is 4. The maximum absolute atomic E-state index is 2.64. The summed E-state index contributed by atoms with van der Waals surface area (Å²) in [6.07, 6.45) is 0. The number of rotatable bonds is 6. The first-order chi connectivity index (χ1) is 41.7. The summed E-state index contributed by atoms with van der Waals surface area (Å²) in [4.78, 5) is 4.84. The average Bonchev–Trinajstić information content (AvgIpc) is 1.51. The lowest BCUT2D eigenvalue weighted by Gasteiger charge is -2.33. The molecule has 0 fully saturated rings. The van der Waals surface area contributed by atoms with Crippen molar-refractivity contribution >= 4 is 77.2 Å². The van der Waals surface area contributed by atoms with Crippen molar-refractivity contribution in [2.75, 3.05) is 9.80 Å². The molecule has 0 aliphatic heterocycles. The monoisotopic (exact) mass is 1060 g/mol. The van der Waals surface area contributed by atoms with Crippen molar-refractivity contribution in [2.24, 2.45) is 0 Å². The lowest BCUT2D eigenvalue weighted by molar-refractivity contribution is 0.795. The van der Waals surface area contributed by atoms with Gasteiger partial charge in [0.25, 0.3) is 0 Å². The summed E-state index contributed by atoms with van der Waals surface area (Å²) in [5.74, 6) is 0. The number of hydrogen-bond acceptors (Lipinski definition) is 2. The van der Waals surface area contributed by atoms with Crippen molar-refractivity contribution in [3.8, 4) is 44.5 Å². The Labute approximate surface area is 487 Å². The first-order valence-electron chi connectivity index (χ1n) is 29.4. The van der Waals surface area contributed by atoms with Crippen molar-refractivity contribution < 1.29 is 0 Å². The summed E-state index contributed by atoms with van der Waals surface area (Å²) in [7, 11) is 0. The number of anilines is 6. The quantitative estimate of drug-likeness (QED) is 0.121. The molecule has 2 nitrogen and oxygen atoms in total. The van der Waals surface area contributed by atoms with Crippen LogP contribution in [0.2, 0.25) is 0 Å². The van der Waals surface area contributed by atoms with Gasteiger partial charge in [-0.15, -0.1) is 0 Å². The molecule has 0 aromatic heterocycles. The van der Waals surface area contributed by atoms with Gasteiger partial charge in [-0.05, 0) is 217 Å². The third-order valence-electron chi connectivity index (χ3n) is 19.5. The minimum Gasteiger partial charge on any atom is -0.310 e. The standard InChI is InChI=1S/C82H50N2/c1-5-23-51(24-6-1)83(52-25-7-2-8-26-52)55-43-45-63-73(47-55)81(69-39-17-13-31-57(69)58-32-14-18-40-70(58)81)75-49-67-61-36-22-38-66-78(61)68(62-35-21-37-65(77(62)67)79(63)75)50-76-80(66)64-46-44-56(84(53-27-9-3-10-28-53)54-29-11-4-12-30-54)48-74(64)82(76)71-41-19-15-33-59(71)60-34-16-20-42-72(60)82/h1-50H. The highest BCUT2D eigenvalue weighted by Crippen LogP contribution is 2.68. The molecule has 0 saturated heterocycles. The van der Waals surface area contributed by atoms with Crippen molar-refractivity contribution in [1.82, 2.24) is 0 Å². The summed E-state index contributed by atoms with van der Waals surface area (Å²) >= 11 is 0. The first kappa shape index (κ1) is 45.9. The summed E-state index contributed by atoms with van der Waals surface area (Å²) in [6.45, 7) is 0. The Balaban J connectivity index is 0.927. The Morgan fingerprint density at radius 1 is 0.179 bits per heavy atom. The van der Waals surface area contributed by atoms with E-state index in [-0.39, 0.29) is 0 Å². The van der Waals surface area contributed by atoms with Crippen LogP contribution in [0.15, 0.2) is 303 Å². The van der Waals surface area contributed by atoms with Crippen LogP contribution in [0.1, 0.15) is 44.5 Å². The largest absolute Gasteiger partial charge is 0.310 e. The van der Waals surface area contributed by atoms with Gasteiger partial charge in [0, 0.05) is 34.1 Å². The molecule has 2 spiro atoms. The maximum atomic E-state index is 2.64. The van der Waals surface area contributed by atoms with E-state index in [1.807, 2.05) is 0 Å². The fraction of sp³-hybridized carbons (Fsp3) is 0.0244.